The molecule has 0 spiro atoms. The van der Waals surface area contributed by atoms with Gasteiger partial charge < -0.3 is 5.32 Å². The standard InChI is InChI=1S/C16H13FN2S/c17-12-5-6-15-14(9-12)19-16(20-15)18-13-7-10-3-1-2-4-11(10)8-13/h1-6,9,13H,7-8H2,(H,18,19). The number of rotatable bonds is 2. The third-order valence-corrected chi connectivity index (χ3v) is 4.70. The lowest BCUT2D eigenvalue weighted by molar-refractivity contribution is 0.629. The number of nitrogens with zero attached hydrogens (tertiary/aromatic N) is 1. The van der Waals surface area contributed by atoms with Crippen molar-refractivity contribution in [3.05, 3.63) is 59.4 Å². The number of anilines is 1. The van der Waals surface area contributed by atoms with E-state index in [0.29, 0.717) is 6.04 Å². The van der Waals surface area contributed by atoms with Crippen molar-refractivity contribution in [3.63, 3.8) is 0 Å². The molecule has 0 saturated heterocycles. The summed E-state index contributed by atoms with van der Waals surface area (Å²) in [7, 11) is 0. The van der Waals surface area contributed by atoms with Crippen LogP contribution in [-0.4, -0.2) is 11.0 Å². The largest absolute Gasteiger partial charge is 0.358 e. The number of aromatic nitrogens is 1. The van der Waals surface area contributed by atoms with E-state index in [2.05, 4.69) is 34.6 Å². The number of hydrogen-bond acceptors (Lipinski definition) is 3. The van der Waals surface area contributed by atoms with Gasteiger partial charge in [0.05, 0.1) is 10.2 Å². The van der Waals surface area contributed by atoms with Gasteiger partial charge in [-0.25, -0.2) is 9.37 Å². The van der Waals surface area contributed by atoms with Crippen molar-refractivity contribution in [3.8, 4) is 0 Å². The molecule has 0 bridgehead atoms. The fourth-order valence-electron chi connectivity index (χ4n) is 2.80. The molecule has 4 heteroatoms. The average molecular weight is 284 g/mol. The van der Waals surface area contributed by atoms with Gasteiger partial charge in [-0.2, -0.15) is 0 Å². The number of hydrogen-bond donors (Lipinski definition) is 1. The molecule has 0 amide bonds. The maximum Gasteiger partial charge on any atom is 0.184 e. The fourth-order valence-corrected chi connectivity index (χ4v) is 3.72. The van der Waals surface area contributed by atoms with Crippen molar-refractivity contribution in [2.75, 3.05) is 5.32 Å². The minimum Gasteiger partial charge on any atom is -0.358 e. The Hall–Kier alpha value is -1.94. The fraction of sp³-hybridized carbons (Fsp3) is 0.188. The normalized spacial score (nSPS) is 14.7. The smallest absolute Gasteiger partial charge is 0.184 e. The predicted molar refractivity (Wildman–Crippen MR) is 80.8 cm³/mol. The van der Waals surface area contributed by atoms with E-state index in [1.165, 1.54) is 23.3 Å². The van der Waals surface area contributed by atoms with Crippen LogP contribution >= 0.6 is 11.3 Å². The van der Waals surface area contributed by atoms with Crippen LogP contribution in [0.1, 0.15) is 11.1 Å². The van der Waals surface area contributed by atoms with Gasteiger partial charge in [-0.05, 0) is 36.1 Å². The molecule has 1 N–H and O–H groups in total. The molecule has 0 atom stereocenters. The zero-order chi connectivity index (χ0) is 13.5. The molecule has 1 aliphatic rings. The first-order valence-corrected chi connectivity index (χ1v) is 7.49. The molecule has 3 aromatic rings. The first-order chi connectivity index (χ1) is 9.78. The van der Waals surface area contributed by atoms with Crippen molar-refractivity contribution >= 4 is 26.7 Å². The lowest BCUT2D eigenvalue weighted by Crippen LogP contribution is -2.19. The first-order valence-electron chi connectivity index (χ1n) is 6.67. The summed E-state index contributed by atoms with van der Waals surface area (Å²) in [4.78, 5) is 4.47. The lowest BCUT2D eigenvalue weighted by atomic mass is 10.1. The van der Waals surface area contributed by atoms with E-state index in [1.54, 1.807) is 17.4 Å². The first kappa shape index (κ1) is 11.9. The molecule has 1 aromatic heterocycles. The van der Waals surface area contributed by atoms with Gasteiger partial charge in [0.2, 0.25) is 0 Å². The van der Waals surface area contributed by atoms with Crippen LogP contribution in [0.3, 0.4) is 0 Å². The Morgan fingerprint density at radius 3 is 2.60 bits per heavy atom. The molecular weight excluding hydrogens is 271 g/mol. The highest BCUT2D eigenvalue weighted by atomic mass is 32.1. The summed E-state index contributed by atoms with van der Waals surface area (Å²) in [6.07, 6.45) is 2.06. The minimum absolute atomic E-state index is 0.234. The van der Waals surface area contributed by atoms with Crippen LogP contribution in [-0.2, 0) is 12.8 Å². The third-order valence-electron chi connectivity index (χ3n) is 3.73. The summed E-state index contributed by atoms with van der Waals surface area (Å²) in [6.45, 7) is 0. The Morgan fingerprint density at radius 2 is 1.85 bits per heavy atom. The van der Waals surface area contributed by atoms with Crippen molar-refractivity contribution < 1.29 is 4.39 Å². The predicted octanol–water partition coefficient (Wildman–Crippen LogP) is 4.01. The molecule has 1 aliphatic carbocycles. The molecule has 0 saturated carbocycles. The lowest BCUT2D eigenvalue weighted by Gasteiger charge is -2.09. The summed E-state index contributed by atoms with van der Waals surface area (Å²) in [6, 6.07) is 13.7. The van der Waals surface area contributed by atoms with Gasteiger partial charge in [0, 0.05) is 12.1 Å². The summed E-state index contributed by atoms with van der Waals surface area (Å²) in [5, 5.41) is 4.36. The Balaban J connectivity index is 1.57. The Bertz CT molecular complexity index is 756. The molecule has 0 aliphatic heterocycles. The summed E-state index contributed by atoms with van der Waals surface area (Å²) < 4.78 is 14.2. The number of fused-ring (bicyclic) bond motifs is 2. The molecule has 0 radical (unpaired) electrons. The van der Waals surface area contributed by atoms with Crippen molar-refractivity contribution in [2.24, 2.45) is 0 Å². The van der Waals surface area contributed by atoms with Crippen LogP contribution in [0, 0.1) is 5.82 Å². The molecule has 100 valence electrons. The van der Waals surface area contributed by atoms with Gasteiger partial charge in [0.15, 0.2) is 5.13 Å². The monoisotopic (exact) mass is 284 g/mol. The van der Waals surface area contributed by atoms with Crippen LogP contribution in [0.4, 0.5) is 9.52 Å². The quantitative estimate of drug-likeness (QED) is 0.769. The van der Waals surface area contributed by atoms with Gasteiger partial charge in [-0.3, -0.25) is 0 Å². The molecule has 2 nitrogen and oxygen atoms in total. The maximum absolute atomic E-state index is 13.2. The number of nitrogens with one attached hydrogen (secondary N) is 1. The summed E-state index contributed by atoms with van der Waals surface area (Å²) in [5.74, 6) is -0.234. The van der Waals surface area contributed by atoms with Gasteiger partial charge in [0.1, 0.15) is 5.82 Å². The van der Waals surface area contributed by atoms with Crippen LogP contribution in [0.2, 0.25) is 0 Å². The maximum atomic E-state index is 13.2. The van der Waals surface area contributed by atoms with E-state index in [1.807, 2.05) is 0 Å². The van der Waals surface area contributed by atoms with E-state index >= 15 is 0 Å². The van der Waals surface area contributed by atoms with Gasteiger partial charge in [-0.15, -0.1) is 0 Å². The molecule has 20 heavy (non-hydrogen) atoms. The van der Waals surface area contributed by atoms with Crippen LogP contribution in [0.25, 0.3) is 10.2 Å². The second-order valence-electron chi connectivity index (χ2n) is 5.15. The SMILES string of the molecule is Fc1ccc2sc(NC3Cc4ccccc4C3)nc2c1. The van der Waals surface area contributed by atoms with Crippen molar-refractivity contribution in [1.29, 1.82) is 0 Å². The highest BCUT2D eigenvalue weighted by Crippen LogP contribution is 2.29. The summed E-state index contributed by atoms with van der Waals surface area (Å²) >= 11 is 1.58. The van der Waals surface area contributed by atoms with Gasteiger partial charge in [-0.1, -0.05) is 35.6 Å². The minimum atomic E-state index is -0.234. The molecular formula is C16H13FN2S. The van der Waals surface area contributed by atoms with E-state index in [-0.39, 0.29) is 5.82 Å². The molecule has 2 aromatic carbocycles. The molecule has 0 fully saturated rings. The molecule has 0 unspecified atom stereocenters. The Kier molecular flexibility index (Phi) is 2.70. The van der Waals surface area contributed by atoms with E-state index in [4.69, 9.17) is 0 Å². The van der Waals surface area contributed by atoms with Gasteiger partial charge >= 0.3 is 0 Å². The van der Waals surface area contributed by atoms with Gasteiger partial charge in [0.25, 0.3) is 0 Å². The topological polar surface area (TPSA) is 24.9 Å². The summed E-state index contributed by atoms with van der Waals surface area (Å²) in [5.41, 5.74) is 3.56. The van der Waals surface area contributed by atoms with Crippen molar-refractivity contribution in [1.82, 2.24) is 4.98 Å². The molecule has 4 rings (SSSR count). The highest BCUT2D eigenvalue weighted by Gasteiger charge is 2.21. The Morgan fingerprint density at radius 1 is 1.10 bits per heavy atom. The third kappa shape index (κ3) is 2.06. The van der Waals surface area contributed by atoms with E-state index in [9.17, 15) is 4.39 Å². The molecule has 1 heterocycles. The van der Waals surface area contributed by atoms with Crippen LogP contribution in [0.15, 0.2) is 42.5 Å². The van der Waals surface area contributed by atoms with E-state index in [0.717, 1.165) is 28.2 Å². The van der Waals surface area contributed by atoms with E-state index < -0.39 is 0 Å². The highest BCUT2D eigenvalue weighted by molar-refractivity contribution is 7.22. The number of halogens is 1. The average Bonchev–Trinajstić information content (AvgIpc) is 3.00. The van der Waals surface area contributed by atoms with Crippen LogP contribution in [0.5, 0.6) is 0 Å². The van der Waals surface area contributed by atoms with Crippen molar-refractivity contribution in [2.45, 2.75) is 18.9 Å². The zero-order valence-corrected chi connectivity index (χ0v) is 11.6. The second kappa shape index (κ2) is 4.56. The second-order valence-corrected chi connectivity index (χ2v) is 6.18. The number of thiazole rings is 1. The zero-order valence-electron chi connectivity index (χ0n) is 10.8. The number of benzene rings is 2. The Labute approximate surface area is 120 Å². The van der Waals surface area contributed by atoms with Crippen LogP contribution < -0.4 is 5.32 Å².